The molecule has 5 rings (SSSR count). The van der Waals surface area contributed by atoms with Crippen molar-refractivity contribution in [2.24, 2.45) is 11.3 Å². The quantitative estimate of drug-likeness (QED) is 0.578. The zero-order chi connectivity index (χ0) is 23.7. The maximum atomic E-state index is 12.5. The maximum Gasteiger partial charge on any atom is 0.407 e. The molecule has 3 aliphatic rings. The standard InChI is InChI=1S/C27H30N2O5/c30-24(29-15-23(25(31)32)27(17-29)12-13-27)11-5-6-14-28-26(33)34-16-22-20-9-3-1-7-18(20)19-8-2-4-10-21(19)22/h1-4,7-10,22-23H,5-6,11-17H2,(H,28,33)(H,31,32). The zero-order valence-electron chi connectivity index (χ0n) is 19.2. The summed E-state index contributed by atoms with van der Waals surface area (Å²) in [5.41, 5.74) is 4.56. The topological polar surface area (TPSA) is 95.9 Å². The van der Waals surface area contributed by atoms with Gasteiger partial charge >= 0.3 is 12.1 Å². The van der Waals surface area contributed by atoms with Crippen molar-refractivity contribution in [3.8, 4) is 11.1 Å². The number of fused-ring (bicyclic) bond motifs is 3. The first-order valence-corrected chi connectivity index (χ1v) is 12.1. The summed E-state index contributed by atoms with van der Waals surface area (Å²) in [6.45, 7) is 1.61. The van der Waals surface area contributed by atoms with Gasteiger partial charge in [-0.1, -0.05) is 48.5 Å². The molecule has 2 aromatic carbocycles. The number of hydrogen-bond acceptors (Lipinski definition) is 4. The number of unbranched alkanes of at least 4 members (excludes halogenated alkanes) is 1. The van der Waals surface area contributed by atoms with Crippen LogP contribution in [-0.4, -0.2) is 54.2 Å². The van der Waals surface area contributed by atoms with Gasteiger partial charge in [0.15, 0.2) is 0 Å². The van der Waals surface area contributed by atoms with E-state index in [4.69, 9.17) is 4.74 Å². The highest BCUT2D eigenvalue weighted by Crippen LogP contribution is 2.56. The van der Waals surface area contributed by atoms with Crippen LogP contribution in [0.25, 0.3) is 11.1 Å². The van der Waals surface area contributed by atoms with Crippen molar-refractivity contribution in [3.05, 3.63) is 59.7 Å². The minimum absolute atomic E-state index is 0.0103. The Morgan fingerprint density at radius 2 is 1.65 bits per heavy atom. The van der Waals surface area contributed by atoms with E-state index < -0.39 is 18.0 Å². The normalized spacial score (nSPS) is 19.5. The summed E-state index contributed by atoms with van der Waals surface area (Å²) in [6, 6.07) is 16.4. The maximum absolute atomic E-state index is 12.5. The first kappa shape index (κ1) is 22.4. The Labute approximate surface area is 199 Å². The summed E-state index contributed by atoms with van der Waals surface area (Å²) >= 11 is 0. The van der Waals surface area contributed by atoms with E-state index >= 15 is 0 Å². The van der Waals surface area contributed by atoms with Gasteiger partial charge in [-0.25, -0.2) is 4.79 Å². The first-order chi connectivity index (χ1) is 16.5. The lowest BCUT2D eigenvalue weighted by Gasteiger charge is -2.16. The molecule has 2 aliphatic carbocycles. The number of nitrogens with zero attached hydrogens (tertiary/aromatic N) is 1. The number of amides is 2. The van der Waals surface area contributed by atoms with Crippen LogP contribution in [0.2, 0.25) is 0 Å². The third-order valence-corrected chi connectivity index (χ3v) is 7.62. The molecule has 34 heavy (non-hydrogen) atoms. The van der Waals surface area contributed by atoms with Gasteiger partial charge in [0, 0.05) is 37.4 Å². The summed E-state index contributed by atoms with van der Waals surface area (Å²) in [5, 5.41) is 12.2. The Balaban J connectivity index is 1.03. The Morgan fingerprint density at radius 3 is 2.24 bits per heavy atom. The number of likely N-dealkylation sites (tertiary alicyclic amines) is 1. The molecule has 2 N–H and O–H groups in total. The van der Waals surface area contributed by atoms with Gasteiger partial charge in [-0.3, -0.25) is 9.59 Å². The van der Waals surface area contributed by atoms with Gasteiger partial charge in [0.05, 0.1) is 5.92 Å². The van der Waals surface area contributed by atoms with E-state index in [0.29, 0.717) is 38.9 Å². The second kappa shape index (κ2) is 9.12. The van der Waals surface area contributed by atoms with E-state index in [1.165, 1.54) is 22.3 Å². The number of hydrogen-bond donors (Lipinski definition) is 2. The van der Waals surface area contributed by atoms with Crippen molar-refractivity contribution in [1.82, 2.24) is 10.2 Å². The van der Waals surface area contributed by atoms with Crippen molar-refractivity contribution in [1.29, 1.82) is 0 Å². The van der Waals surface area contributed by atoms with E-state index in [0.717, 1.165) is 12.8 Å². The number of ether oxygens (including phenoxy) is 1. The molecule has 1 heterocycles. The predicted octanol–water partition coefficient (Wildman–Crippen LogP) is 4.02. The largest absolute Gasteiger partial charge is 0.481 e. The fourth-order valence-corrected chi connectivity index (χ4v) is 5.57. The minimum atomic E-state index is -0.792. The van der Waals surface area contributed by atoms with Gasteiger partial charge < -0.3 is 20.1 Å². The Kier molecular flexibility index (Phi) is 6.02. The number of alkyl carbamates (subject to hydrolysis) is 1. The van der Waals surface area contributed by atoms with Gasteiger partial charge in [-0.05, 0) is 47.9 Å². The van der Waals surface area contributed by atoms with Crippen molar-refractivity contribution in [3.63, 3.8) is 0 Å². The van der Waals surface area contributed by atoms with Crippen molar-refractivity contribution in [2.75, 3.05) is 26.2 Å². The van der Waals surface area contributed by atoms with E-state index in [1.54, 1.807) is 4.90 Å². The highest BCUT2D eigenvalue weighted by molar-refractivity contribution is 5.80. The molecule has 2 aromatic rings. The second-order valence-corrected chi connectivity index (χ2v) is 9.74. The van der Waals surface area contributed by atoms with Gasteiger partial charge in [0.25, 0.3) is 0 Å². The average molecular weight is 463 g/mol. The first-order valence-electron chi connectivity index (χ1n) is 12.1. The van der Waals surface area contributed by atoms with Crippen LogP contribution in [0.15, 0.2) is 48.5 Å². The number of carbonyl (C=O) groups is 3. The predicted molar refractivity (Wildman–Crippen MR) is 126 cm³/mol. The van der Waals surface area contributed by atoms with Crippen LogP contribution >= 0.6 is 0 Å². The van der Waals surface area contributed by atoms with Crippen LogP contribution < -0.4 is 5.32 Å². The van der Waals surface area contributed by atoms with Gasteiger partial charge in [0.2, 0.25) is 5.91 Å². The molecule has 1 aliphatic heterocycles. The molecule has 7 nitrogen and oxygen atoms in total. The highest BCUT2D eigenvalue weighted by Gasteiger charge is 2.58. The molecule has 0 aromatic heterocycles. The van der Waals surface area contributed by atoms with Gasteiger partial charge in [-0.15, -0.1) is 0 Å². The lowest BCUT2D eigenvalue weighted by atomic mass is 9.93. The number of rotatable bonds is 8. The molecule has 0 bridgehead atoms. The fraction of sp³-hybridized carbons (Fsp3) is 0.444. The van der Waals surface area contributed by atoms with Crippen molar-refractivity contribution < 1.29 is 24.2 Å². The molecule has 2 fully saturated rings. The lowest BCUT2D eigenvalue weighted by molar-refractivity contribution is -0.143. The summed E-state index contributed by atoms with van der Waals surface area (Å²) in [6.07, 6.45) is 3.03. The van der Waals surface area contributed by atoms with Crippen LogP contribution in [0.4, 0.5) is 4.79 Å². The summed E-state index contributed by atoms with van der Waals surface area (Å²) < 4.78 is 5.53. The number of carbonyl (C=O) groups excluding carboxylic acids is 2. The second-order valence-electron chi connectivity index (χ2n) is 9.74. The molecule has 1 unspecified atom stereocenters. The lowest BCUT2D eigenvalue weighted by Crippen LogP contribution is -2.30. The van der Waals surface area contributed by atoms with Crippen molar-refractivity contribution >= 4 is 18.0 Å². The molecule has 2 amide bonds. The van der Waals surface area contributed by atoms with Crippen LogP contribution in [-0.2, 0) is 14.3 Å². The van der Waals surface area contributed by atoms with Crippen LogP contribution in [0.3, 0.4) is 0 Å². The van der Waals surface area contributed by atoms with Crippen molar-refractivity contribution in [2.45, 2.75) is 38.0 Å². The number of aliphatic carboxylic acids is 1. The van der Waals surface area contributed by atoms with Gasteiger partial charge in [0.1, 0.15) is 6.61 Å². The monoisotopic (exact) mass is 462 g/mol. The SMILES string of the molecule is O=C(NCCCCC(=O)N1CC(C(=O)O)C2(CC2)C1)OCC1c2ccccc2-c2ccccc21. The van der Waals surface area contributed by atoms with Crippen LogP contribution in [0.5, 0.6) is 0 Å². The molecular weight excluding hydrogens is 432 g/mol. The fourth-order valence-electron chi connectivity index (χ4n) is 5.57. The number of carboxylic acids is 1. The van der Waals surface area contributed by atoms with E-state index in [1.807, 2.05) is 24.3 Å². The molecule has 1 saturated carbocycles. The molecular formula is C27H30N2O5. The molecule has 1 saturated heterocycles. The Morgan fingerprint density at radius 1 is 1.00 bits per heavy atom. The number of nitrogens with one attached hydrogen (secondary N) is 1. The number of carboxylic acid groups (broad SMARTS) is 1. The highest BCUT2D eigenvalue weighted by atomic mass is 16.5. The molecule has 1 atom stereocenters. The van der Waals surface area contributed by atoms with Gasteiger partial charge in [-0.2, -0.15) is 0 Å². The summed E-state index contributed by atoms with van der Waals surface area (Å²) in [7, 11) is 0. The van der Waals surface area contributed by atoms with E-state index in [-0.39, 0.29) is 23.8 Å². The zero-order valence-corrected chi connectivity index (χ0v) is 19.2. The molecule has 0 radical (unpaired) electrons. The minimum Gasteiger partial charge on any atom is -0.481 e. The third kappa shape index (κ3) is 4.27. The number of benzene rings is 2. The van der Waals surface area contributed by atoms with E-state index in [9.17, 15) is 19.5 Å². The Bertz CT molecular complexity index is 1060. The Hall–Kier alpha value is -3.35. The van der Waals surface area contributed by atoms with Crippen LogP contribution in [0.1, 0.15) is 49.1 Å². The molecule has 7 heteroatoms. The summed E-state index contributed by atoms with van der Waals surface area (Å²) in [4.78, 5) is 37.9. The average Bonchev–Trinajstić information content (AvgIpc) is 3.39. The molecule has 1 spiro atoms. The molecule has 178 valence electrons. The third-order valence-electron chi connectivity index (χ3n) is 7.62. The smallest absolute Gasteiger partial charge is 0.407 e. The summed E-state index contributed by atoms with van der Waals surface area (Å²) in [5.74, 6) is -1.18. The van der Waals surface area contributed by atoms with Crippen LogP contribution in [0, 0.1) is 11.3 Å². The van der Waals surface area contributed by atoms with E-state index in [2.05, 4.69) is 29.6 Å².